The number of likely N-dealkylation sites (tertiary alicyclic amines) is 1. The second kappa shape index (κ2) is 4.97. The molecule has 0 aromatic rings. The Morgan fingerprint density at radius 3 is 2.65 bits per heavy atom. The number of fused-ring (bicyclic) bond motifs is 1. The summed E-state index contributed by atoms with van der Waals surface area (Å²) in [6, 6.07) is 0.554. The van der Waals surface area contributed by atoms with E-state index in [1.54, 1.807) is 0 Å². The summed E-state index contributed by atoms with van der Waals surface area (Å²) in [5.41, 5.74) is 0.0291. The third kappa shape index (κ3) is 3.21. The van der Waals surface area contributed by atoms with Crippen LogP contribution in [0.2, 0.25) is 0 Å². The first-order chi connectivity index (χ1) is 7.97. The molecular formula is C14H26N2O. The monoisotopic (exact) mass is 238 g/mol. The standard InChI is InChI=1S/C14H26N2O/c1-14(2,3)15-10-13(17)16-9-8-11-6-4-5-7-12(11)16/h11-12,15H,4-10H2,1-3H3. The van der Waals surface area contributed by atoms with Gasteiger partial charge >= 0.3 is 0 Å². The van der Waals surface area contributed by atoms with Crippen molar-refractivity contribution in [2.45, 2.75) is 64.5 Å². The van der Waals surface area contributed by atoms with Gasteiger partial charge in [0, 0.05) is 18.1 Å². The van der Waals surface area contributed by atoms with Gasteiger partial charge in [0.2, 0.25) is 5.91 Å². The van der Waals surface area contributed by atoms with Crippen LogP contribution in [0.3, 0.4) is 0 Å². The third-order valence-electron chi connectivity index (χ3n) is 4.10. The third-order valence-corrected chi connectivity index (χ3v) is 4.10. The van der Waals surface area contributed by atoms with Crippen molar-refractivity contribution in [2.75, 3.05) is 13.1 Å². The molecular weight excluding hydrogens is 212 g/mol. The summed E-state index contributed by atoms with van der Waals surface area (Å²) >= 11 is 0. The predicted octanol–water partition coefficient (Wildman–Crippen LogP) is 2.17. The molecule has 1 aliphatic carbocycles. The summed E-state index contributed by atoms with van der Waals surface area (Å²) in [4.78, 5) is 14.4. The van der Waals surface area contributed by atoms with E-state index in [-0.39, 0.29) is 5.54 Å². The highest BCUT2D eigenvalue weighted by atomic mass is 16.2. The largest absolute Gasteiger partial charge is 0.338 e. The van der Waals surface area contributed by atoms with E-state index in [1.807, 2.05) is 0 Å². The summed E-state index contributed by atoms with van der Waals surface area (Å²) in [6.45, 7) is 7.79. The molecule has 1 aliphatic heterocycles. The smallest absolute Gasteiger partial charge is 0.236 e. The molecule has 0 aromatic heterocycles. The lowest BCUT2D eigenvalue weighted by Crippen LogP contribution is -2.47. The first kappa shape index (κ1) is 12.9. The molecule has 2 unspecified atom stereocenters. The van der Waals surface area contributed by atoms with Gasteiger partial charge < -0.3 is 10.2 Å². The van der Waals surface area contributed by atoms with Crippen LogP contribution in [0.5, 0.6) is 0 Å². The van der Waals surface area contributed by atoms with Crippen LogP contribution in [0.4, 0.5) is 0 Å². The average Bonchev–Trinajstić information content (AvgIpc) is 2.68. The molecule has 2 atom stereocenters. The maximum atomic E-state index is 12.2. The van der Waals surface area contributed by atoms with Crippen molar-refractivity contribution in [1.82, 2.24) is 10.2 Å². The summed E-state index contributed by atoms with van der Waals surface area (Å²) < 4.78 is 0. The van der Waals surface area contributed by atoms with Crippen LogP contribution in [-0.2, 0) is 4.79 Å². The van der Waals surface area contributed by atoms with Crippen molar-refractivity contribution in [2.24, 2.45) is 5.92 Å². The lowest BCUT2D eigenvalue weighted by molar-refractivity contribution is -0.132. The maximum Gasteiger partial charge on any atom is 0.236 e. The molecule has 2 rings (SSSR count). The summed E-state index contributed by atoms with van der Waals surface area (Å²) in [5, 5.41) is 3.30. The van der Waals surface area contributed by atoms with E-state index < -0.39 is 0 Å². The molecule has 0 aromatic carbocycles. The van der Waals surface area contributed by atoms with Crippen LogP contribution in [0.15, 0.2) is 0 Å². The molecule has 98 valence electrons. The van der Waals surface area contributed by atoms with Gasteiger partial charge in [0.25, 0.3) is 0 Å². The van der Waals surface area contributed by atoms with Gasteiger partial charge in [-0.25, -0.2) is 0 Å². The Morgan fingerprint density at radius 2 is 1.94 bits per heavy atom. The van der Waals surface area contributed by atoms with Gasteiger partial charge in [0.15, 0.2) is 0 Å². The number of amides is 1. The van der Waals surface area contributed by atoms with Gasteiger partial charge in [0.1, 0.15) is 0 Å². The van der Waals surface area contributed by atoms with Crippen molar-refractivity contribution >= 4 is 5.91 Å². The minimum atomic E-state index is 0.0291. The normalized spacial score (nSPS) is 29.2. The van der Waals surface area contributed by atoms with E-state index >= 15 is 0 Å². The Morgan fingerprint density at radius 1 is 1.24 bits per heavy atom. The highest BCUT2D eigenvalue weighted by molar-refractivity contribution is 5.79. The van der Waals surface area contributed by atoms with Crippen LogP contribution < -0.4 is 5.32 Å². The SMILES string of the molecule is CC(C)(C)NCC(=O)N1CCC2CCCCC21. The van der Waals surface area contributed by atoms with E-state index in [0.29, 0.717) is 18.5 Å². The Balaban J connectivity index is 1.87. The fourth-order valence-corrected chi connectivity index (χ4v) is 3.16. The molecule has 0 spiro atoms. The van der Waals surface area contributed by atoms with Gasteiger partial charge in [-0.1, -0.05) is 12.8 Å². The topological polar surface area (TPSA) is 32.3 Å². The molecule has 17 heavy (non-hydrogen) atoms. The van der Waals surface area contributed by atoms with Gasteiger partial charge in [-0.05, 0) is 46.0 Å². The van der Waals surface area contributed by atoms with E-state index in [4.69, 9.17) is 0 Å². The van der Waals surface area contributed by atoms with Crippen molar-refractivity contribution in [3.05, 3.63) is 0 Å². The first-order valence-electron chi connectivity index (χ1n) is 7.02. The molecule has 0 radical (unpaired) electrons. The van der Waals surface area contributed by atoms with Crippen LogP contribution in [0, 0.1) is 5.92 Å². The van der Waals surface area contributed by atoms with Crippen molar-refractivity contribution in [3.8, 4) is 0 Å². The molecule has 0 bridgehead atoms. The number of hydrogen-bond donors (Lipinski definition) is 1. The zero-order chi connectivity index (χ0) is 12.5. The van der Waals surface area contributed by atoms with E-state index in [1.165, 1.54) is 32.1 Å². The van der Waals surface area contributed by atoms with Gasteiger partial charge in [-0.15, -0.1) is 0 Å². The number of carbonyl (C=O) groups excluding carboxylic acids is 1. The molecule has 1 heterocycles. The molecule has 3 nitrogen and oxygen atoms in total. The molecule has 1 N–H and O–H groups in total. The minimum absolute atomic E-state index is 0.0291. The zero-order valence-corrected chi connectivity index (χ0v) is 11.5. The Bertz CT molecular complexity index is 282. The average molecular weight is 238 g/mol. The zero-order valence-electron chi connectivity index (χ0n) is 11.5. The van der Waals surface area contributed by atoms with E-state index in [0.717, 1.165) is 12.5 Å². The number of carbonyl (C=O) groups is 1. The quantitative estimate of drug-likeness (QED) is 0.799. The van der Waals surface area contributed by atoms with Gasteiger partial charge in [-0.2, -0.15) is 0 Å². The van der Waals surface area contributed by atoms with E-state index in [9.17, 15) is 4.79 Å². The summed E-state index contributed by atoms with van der Waals surface area (Å²) in [5.74, 6) is 1.09. The van der Waals surface area contributed by atoms with Crippen molar-refractivity contribution < 1.29 is 4.79 Å². The van der Waals surface area contributed by atoms with Crippen molar-refractivity contribution in [1.29, 1.82) is 0 Å². The van der Waals surface area contributed by atoms with Crippen LogP contribution in [-0.4, -0.2) is 35.5 Å². The first-order valence-corrected chi connectivity index (χ1v) is 7.02. The molecule has 2 fully saturated rings. The second-order valence-corrected chi connectivity index (χ2v) is 6.59. The Kier molecular flexibility index (Phi) is 3.76. The Hall–Kier alpha value is -0.570. The van der Waals surface area contributed by atoms with Crippen molar-refractivity contribution in [3.63, 3.8) is 0 Å². The lowest BCUT2D eigenvalue weighted by atomic mass is 9.85. The fraction of sp³-hybridized carbons (Fsp3) is 0.929. The van der Waals surface area contributed by atoms with Gasteiger partial charge in [-0.3, -0.25) is 4.79 Å². The summed E-state index contributed by atoms with van der Waals surface area (Å²) in [7, 11) is 0. The highest BCUT2D eigenvalue weighted by Gasteiger charge is 2.37. The molecule has 2 aliphatic rings. The highest BCUT2D eigenvalue weighted by Crippen LogP contribution is 2.35. The number of nitrogens with zero attached hydrogens (tertiary/aromatic N) is 1. The molecule has 1 amide bonds. The predicted molar refractivity (Wildman–Crippen MR) is 69.8 cm³/mol. The maximum absolute atomic E-state index is 12.2. The van der Waals surface area contributed by atoms with E-state index in [2.05, 4.69) is 31.0 Å². The lowest BCUT2D eigenvalue weighted by Gasteiger charge is -2.32. The molecule has 1 saturated heterocycles. The minimum Gasteiger partial charge on any atom is -0.338 e. The molecule has 3 heteroatoms. The van der Waals surface area contributed by atoms with Crippen LogP contribution >= 0.6 is 0 Å². The Labute approximate surface area is 105 Å². The number of nitrogens with one attached hydrogen (secondary N) is 1. The fourth-order valence-electron chi connectivity index (χ4n) is 3.16. The number of rotatable bonds is 2. The molecule has 1 saturated carbocycles. The second-order valence-electron chi connectivity index (χ2n) is 6.59. The van der Waals surface area contributed by atoms with Gasteiger partial charge in [0.05, 0.1) is 6.54 Å². The number of hydrogen-bond acceptors (Lipinski definition) is 2. The van der Waals surface area contributed by atoms with Crippen LogP contribution in [0.1, 0.15) is 52.9 Å². The summed E-state index contributed by atoms with van der Waals surface area (Å²) in [6.07, 6.45) is 6.46. The van der Waals surface area contributed by atoms with Crippen LogP contribution in [0.25, 0.3) is 0 Å².